The van der Waals surface area contributed by atoms with Crippen molar-refractivity contribution in [3.8, 4) is 17.2 Å². The number of cyclic esters (lactones) is 1. The Morgan fingerprint density at radius 2 is 1.69 bits per heavy atom. The minimum atomic E-state index is -0.788. The minimum Gasteiger partial charge on any atom is -0.490 e. The second kappa shape index (κ2) is 10.0. The molecule has 0 amide bonds. The molecule has 3 aromatic carbocycles. The Labute approximate surface area is 202 Å². The lowest BCUT2D eigenvalue weighted by molar-refractivity contribution is -0.394. The molecule has 0 N–H and O–H groups in total. The van der Waals surface area contributed by atoms with Gasteiger partial charge in [-0.15, -0.1) is 0 Å². The second-order valence-corrected chi connectivity index (χ2v) is 7.25. The molecule has 0 radical (unpaired) electrons. The van der Waals surface area contributed by atoms with Crippen LogP contribution in [0.15, 0.2) is 71.4 Å². The molecule has 182 valence electrons. The molecule has 11 nitrogen and oxygen atoms in total. The fraction of sp³-hybridized carbons (Fsp3) is 0.0833. The summed E-state index contributed by atoms with van der Waals surface area (Å²) in [5, 5.41) is 22.4. The maximum Gasteiger partial charge on any atom is 0.363 e. The van der Waals surface area contributed by atoms with Gasteiger partial charge in [-0.2, -0.15) is 0 Å². The fourth-order valence-corrected chi connectivity index (χ4v) is 3.22. The first-order valence-electron chi connectivity index (χ1n) is 10.4. The highest BCUT2D eigenvalue weighted by Gasteiger charge is 2.25. The van der Waals surface area contributed by atoms with Gasteiger partial charge in [-0.05, 0) is 61.0 Å². The first kappa shape index (κ1) is 24.0. The van der Waals surface area contributed by atoms with Crippen LogP contribution < -0.4 is 9.47 Å². The Balaban J connectivity index is 1.65. The Bertz CT molecular complexity index is 1430. The molecule has 36 heavy (non-hydrogen) atoms. The van der Waals surface area contributed by atoms with Gasteiger partial charge in [0.2, 0.25) is 11.6 Å². The van der Waals surface area contributed by atoms with Crippen LogP contribution in [0, 0.1) is 26.0 Å². The van der Waals surface area contributed by atoms with Crippen molar-refractivity contribution in [1.29, 1.82) is 0 Å². The van der Waals surface area contributed by atoms with Crippen molar-refractivity contribution in [2.75, 3.05) is 6.61 Å². The molecule has 0 saturated heterocycles. The number of hydrogen-bond donors (Lipinski definition) is 0. The molecule has 4 rings (SSSR count). The van der Waals surface area contributed by atoms with E-state index in [1.807, 2.05) is 0 Å². The highest BCUT2D eigenvalue weighted by atomic mass is 19.1. The number of nitro groups is 2. The summed E-state index contributed by atoms with van der Waals surface area (Å²) in [6.07, 6.45) is 1.44. The van der Waals surface area contributed by atoms with Crippen molar-refractivity contribution in [3.63, 3.8) is 0 Å². The Kier molecular flexibility index (Phi) is 6.68. The standard InChI is InChI=1S/C24H16FN3O8/c1-2-34-22-12-14(11-18-24(29)36-23(26-18)15-4-6-16(25)7-5-15)3-9-21(22)35-20-10-8-17(27(30)31)13-19(20)28(32)33/h3-13H,2H2,1H3/b18-11-. The summed E-state index contributed by atoms with van der Waals surface area (Å²) in [5.41, 5.74) is -0.132. The molecule has 1 heterocycles. The zero-order valence-corrected chi connectivity index (χ0v) is 18.5. The van der Waals surface area contributed by atoms with E-state index in [2.05, 4.69) is 4.99 Å². The number of non-ortho nitro benzene ring substituents is 1. The lowest BCUT2D eigenvalue weighted by atomic mass is 10.1. The van der Waals surface area contributed by atoms with Crippen LogP contribution in [0.4, 0.5) is 15.8 Å². The normalized spacial score (nSPS) is 13.8. The van der Waals surface area contributed by atoms with Gasteiger partial charge in [-0.1, -0.05) is 6.07 Å². The molecule has 0 atom stereocenters. The van der Waals surface area contributed by atoms with Crippen LogP contribution in [-0.2, 0) is 9.53 Å². The number of nitrogens with zero attached hydrogens (tertiary/aromatic N) is 3. The van der Waals surface area contributed by atoms with E-state index in [-0.39, 0.29) is 35.5 Å². The number of ether oxygens (including phenoxy) is 3. The van der Waals surface area contributed by atoms with Gasteiger partial charge in [0, 0.05) is 11.6 Å². The summed E-state index contributed by atoms with van der Waals surface area (Å²) in [6, 6.07) is 12.9. The summed E-state index contributed by atoms with van der Waals surface area (Å²) in [5.74, 6) is -1.01. The quantitative estimate of drug-likeness (QED) is 0.181. The summed E-state index contributed by atoms with van der Waals surface area (Å²) in [4.78, 5) is 37.3. The fourth-order valence-electron chi connectivity index (χ4n) is 3.22. The summed E-state index contributed by atoms with van der Waals surface area (Å²) >= 11 is 0. The minimum absolute atomic E-state index is 0.00329. The molecule has 1 aliphatic rings. The zero-order valence-electron chi connectivity index (χ0n) is 18.5. The molecule has 0 saturated carbocycles. The third kappa shape index (κ3) is 5.17. The van der Waals surface area contributed by atoms with Crippen LogP contribution >= 0.6 is 0 Å². The van der Waals surface area contributed by atoms with Crippen molar-refractivity contribution in [3.05, 3.63) is 104 Å². The van der Waals surface area contributed by atoms with E-state index < -0.39 is 33.0 Å². The topological polar surface area (TPSA) is 143 Å². The van der Waals surface area contributed by atoms with Crippen molar-refractivity contribution in [1.82, 2.24) is 0 Å². The summed E-state index contributed by atoms with van der Waals surface area (Å²) in [6.45, 7) is 1.95. The zero-order chi connectivity index (χ0) is 25.8. The van der Waals surface area contributed by atoms with Crippen LogP contribution in [0.1, 0.15) is 18.1 Å². The van der Waals surface area contributed by atoms with Gasteiger partial charge >= 0.3 is 11.7 Å². The average molecular weight is 493 g/mol. The Morgan fingerprint density at radius 3 is 2.36 bits per heavy atom. The largest absolute Gasteiger partial charge is 0.490 e. The molecule has 1 aliphatic heterocycles. The molecule has 0 spiro atoms. The van der Waals surface area contributed by atoms with E-state index >= 15 is 0 Å². The monoisotopic (exact) mass is 493 g/mol. The molecular weight excluding hydrogens is 477 g/mol. The predicted octanol–water partition coefficient (Wildman–Crippen LogP) is 5.18. The number of halogens is 1. The van der Waals surface area contributed by atoms with Crippen molar-refractivity contribution < 1.29 is 33.2 Å². The molecule has 0 bridgehead atoms. The summed E-state index contributed by atoms with van der Waals surface area (Å²) in [7, 11) is 0. The molecule has 3 aromatic rings. The highest BCUT2D eigenvalue weighted by Crippen LogP contribution is 2.39. The van der Waals surface area contributed by atoms with Crippen molar-refractivity contribution in [2.45, 2.75) is 6.92 Å². The molecule has 12 heteroatoms. The van der Waals surface area contributed by atoms with Crippen molar-refractivity contribution in [2.24, 2.45) is 4.99 Å². The molecule has 0 fully saturated rings. The lowest BCUT2D eigenvalue weighted by Crippen LogP contribution is -2.05. The van der Waals surface area contributed by atoms with E-state index in [1.54, 1.807) is 13.0 Å². The first-order valence-corrected chi connectivity index (χ1v) is 10.4. The van der Waals surface area contributed by atoms with E-state index in [1.165, 1.54) is 42.5 Å². The van der Waals surface area contributed by atoms with E-state index in [9.17, 15) is 29.4 Å². The number of nitro benzene ring substituents is 2. The molecule has 0 aliphatic carbocycles. The van der Waals surface area contributed by atoms with Crippen LogP contribution in [0.5, 0.6) is 17.2 Å². The van der Waals surface area contributed by atoms with E-state index in [0.717, 1.165) is 18.2 Å². The van der Waals surface area contributed by atoms with Gasteiger partial charge in [0.1, 0.15) is 5.82 Å². The first-order chi connectivity index (χ1) is 17.2. The SMILES string of the molecule is CCOc1cc(/C=C2\N=C(c3ccc(F)cc3)OC2=O)ccc1Oc1ccc([N+](=O)[O-])cc1[N+](=O)[O-]. The van der Waals surface area contributed by atoms with Gasteiger partial charge in [-0.25, -0.2) is 14.2 Å². The number of rotatable bonds is 8. The average Bonchev–Trinajstić information content (AvgIpc) is 3.21. The Hall–Kier alpha value is -5.13. The number of benzene rings is 3. The number of carbonyl (C=O) groups excluding carboxylic acids is 1. The van der Waals surface area contributed by atoms with Gasteiger partial charge in [0.15, 0.2) is 17.2 Å². The number of aliphatic imine (C=N–C) groups is 1. The van der Waals surface area contributed by atoms with Gasteiger partial charge in [0.05, 0.1) is 22.5 Å². The Morgan fingerprint density at radius 1 is 0.972 bits per heavy atom. The van der Waals surface area contributed by atoms with Crippen LogP contribution in [0.3, 0.4) is 0 Å². The smallest absolute Gasteiger partial charge is 0.363 e. The van der Waals surface area contributed by atoms with Gasteiger partial charge in [-0.3, -0.25) is 20.2 Å². The third-order valence-electron chi connectivity index (χ3n) is 4.85. The van der Waals surface area contributed by atoms with Gasteiger partial charge < -0.3 is 14.2 Å². The van der Waals surface area contributed by atoms with Crippen molar-refractivity contribution >= 4 is 29.3 Å². The summed E-state index contributed by atoms with van der Waals surface area (Å²) < 4.78 is 29.6. The second-order valence-electron chi connectivity index (χ2n) is 7.25. The van der Waals surface area contributed by atoms with Crippen LogP contribution in [0.2, 0.25) is 0 Å². The van der Waals surface area contributed by atoms with E-state index in [4.69, 9.17) is 14.2 Å². The van der Waals surface area contributed by atoms with Crippen LogP contribution in [-0.4, -0.2) is 28.3 Å². The van der Waals surface area contributed by atoms with E-state index in [0.29, 0.717) is 11.1 Å². The molecule has 0 aromatic heterocycles. The predicted molar refractivity (Wildman–Crippen MR) is 124 cm³/mol. The highest BCUT2D eigenvalue weighted by molar-refractivity contribution is 6.12. The third-order valence-corrected chi connectivity index (χ3v) is 4.85. The van der Waals surface area contributed by atoms with Gasteiger partial charge in [0.25, 0.3) is 5.69 Å². The maximum atomic E-state index is 13.2. The molecular formula is C24H16FN3O8. The molecule has 0 unspecified atom stereocenters. The number of esters is 1. The van der Waals surface area contributed by atoms with Crippen LogP contribution in [0.25, 0.3) is 6.08 Å². The maximum absolute atomic E-state index is 13.2. The lowest BCUT2D eigenvalue weighted by Gasteiger charge is -2.12. The number of hydrogen-bond acceptors (Lipinski definition) is 9. The number of carbonyl (C=O) groups is 1.